The molecule has 2 unspecified atom stereocenters. The van der Waals surface area contributed by atoms with E-state index in [0.29, 0.717) is 11.4 Å². The molecule has 3 nitrogen and oxygen atoms in total. The topological polar surface area (TPSA) is 40.5 Å². The third-order valence-electron chi connectivity index (χ3n) is 4.81. The fourth-order valence-electron chi connectivity index (χ4n) is 3.66. The molecule has 0 aliphatic carbocycles. The largest absolute Gasteiger partial charge is 0.480 e. The van der Waals surface area contributed by atoms with E-state index in [2.05, 4.69) is 23.1 Å². The number of hydrogen-bond acceptors (Lipinski definition) is 3. The van der Waals surface area contributed by atoms with Crippen LogP contribution in [0, 0.1) is 0 Å². The number of thiophene rings is 1. The van der Waals surface area contributed by atoms with Gasteiger partial charge in [-0.3, -0.25) is 9.69 Å². The van der Waals surface area contributed by atoms with Crippen LogP contribution < -0.4 is 0 Å². The van der Waals surface area contributed by atoms with E-state index in [1.54, 1.807) is 11.3 Å². The molecule has 1 aromatic heterocycles. The predicted octanol–water partition coefficient (Wildman–Crippen LogP) is 5.19. The molecule has 25 heavy (non-hydrogen) atoms. The predicted molar refractivity (Wildman–Crippen MR) is 102 cm³/mol. The SMILES string of the molecule is O=C(O)C1CCCN1C(c1ccc(Cl)cc1)c1cc2ccccc2s1. The molecule has 1 aliphatic rings. The molecule has 1 saturated heterocycles. The van der Waals surface area contributed by atoms with Gasteiger partial charge >= 0.3 is 5.97 Å². The number of rotatable bonds is 4. The molecule has 0 saturated carbocycles. The van der Waals surface area contributed by atoms with E-state index in [9.17, 15) is 9.90 Å². The molecule has 0 radical (unpaired) electrons. The van der Waals surface area contributed by atoms with Gasteiger partial charge in [-0.1, -0.05) is 41.9 Å². The van der Waals surface area contributed by atoms with Gasteiger partial charge in [0.05, 0.1) is 6.04 Å². The summed E-state index contributed by atoms with van der Waals surface area (Å²) in [5.41, 5.74) is 1.09. The van der Waals surface area contributed by atoms with E-state index in [-0.39, 0.29) is 6.04 Å². The van der Waals surface area contributed by atoms with Crippen LogP contribution in [0.15, 0.2) is 54.6 Å². The van der Waals surface area contributed by atoms with Crippen LogP contribution in [-0.4, -0.2) is 28.6 Å². The van der Waals surface area contributed by atoms with Gasteiger partial charge in [-0.15, -0.1) is 11.3 Å². The van der Waals surface area contributed by atoms with Gasteiger partial charge in [-0.2, -0.15) is 0 Å². The Balaban J connectivity index is 1.83. The van der Waals surface area contributed by atoms with E-state index in [1.807, 2.05) is 36.4 Å². The minimum absolute atomic E-state index is 0.0572. The maximum atomic E-state index is 11.7. The zero-order chi connectivity index (χ0) is 17.4. The van der Waals surface area contributed by atoms with Gasteiger partial charge in [0.2, 0.25) is 0 Å². The van der Waals surface area contributed by atoms with Crippen molar-refractivity contribution in [3.63, 3.8) is 0 Å². The molecule has 0 bridgehead atoms. The molecule has 0 amide bonds. The molecule has 0 spiro atoms. The second kappa shape index (κ2) is 6.79. The second-order valence-electron chi connectivity index (χ2n) is 6.37. The Morgan fingerprint density at radius 2 is 1.96 bits per heavy atom. The van der Waals surface area contributed by atoms with E-state index >= 15 is 0 Å². The van der Waals surface area contributed by atoms with Crippen LogP contribution in [0.5, 0.6) is 0 Å². The molecule has 3 aromatic rings. The number of benzene rings is 2. The van der Waals surface area contributed by atoms with Crippen LogP contribution in [0.4, 0.5) is 0 Å². The lowest BCUT2D eigenvalue weighted by molar-refractivity contribution is -0.142. The summed E-state index contributed by atoms with van der Waals surface area (Å²) in [7, 11) is 0. The van der Waals surface area contributed by atoms with Gasteiger partial charge < -0.3 is 5.11 Å². The maximum Gasteiger partial charge on any atom is 0.320 e. The maximum absolute atomic E-state index is 11.7. The van der Waals surface area contributed by atoms with Crippen molar-refractivity contribution in [2.24, 2.45) is 0 Å². The van der Waals surface area contributed by atoms with Gasteiger partial charge in [0.15, 0.2) is 0 Å². The van der Waals surface area contributed by atoms with Gasteiger partial charge in [-0.05, 0) is 48.1 Å². The molecule has 4 rings (SSSR count). The molecule has 2 heterocycles. The minimum atomic E-state index is -0.738. The quantitative estimate of drug-likeness (QED) is 0.685. The van der Waals surface area contributed by atoms with E-state index < -0.39 is 12.0 Å². The molecular weight excluding hydrogens is 354 g/mol. The first kappa shape index (κ1) is 16.6. The zero-order valence-electron chi connectivity index (χ0n) is 13.6. The van der Waals surface area contributed by atoms with Crippen LogP contribution >= 0.6 is 22.9 Å². The summed E-state index contributed by atoms with van der Waals surface area (Å²) < 4.78 is 1.22. The number of aliphatic carboxylic acids is 1. The third kappa shape index (κ3) is 3.17. The summed E-state index contributed by atoms with van der Waals surface area (Å²) in [5.74, 6) is -0.738. The molecule has 128 valence electrons. The molecule has 1 N–H and O–H groups in total. The lowest BCUT2D eigenvalue weighted by Crippen LogP contribution is -2.38. The summed E-state index contributed by atoms with van der Waals surface area (Å²) >= 11 is 7.80. The summed E-state index contributed by atoms with van der Waals surface area (Å²) in [6, 6.07) is 17.8. The fourth-order valence-corrected chi connectivity index (χ4v) is 5.01. The highest BCUT2D eigenvalue weighted by Crippen LogP contribution is 2.40. The van der Waals surface area contributed by atoms with Crippen LogP contribution in [-0.2, 0) is 4.79 Å². The molecule has 1 aliphatic heterocycles. The van der Waals surface area contributed by atoms with Crippen molar-refractivity contribution in [1.29, 1.82) is 0 Å². The average molecular weight is 372 g/mol. The summed E-state index contributed by atoms with van der Waals surface area (Å²) in [6.07, 6.45) is 1.61. The number of carboxylic acid groups (broad SMARTS) is 1. The van der Waals surface area contributed by atoms with Crippen molar-refractivity contribution < 1.29 is 9.90 Å². The van der Waals surface area contributed by atoms with Crippen LogP contribution in [0.25, 0.3) is 10.1 Å². The second-order valence-corrected chi connectivity index (χ2v) is 7.93. The first-order chi connectivity index (χ1) is 12.1. The van der Waals surface area contributed by atoms with Crippen LogP contribution in [0.1, 0.15) is 29.3 Å². The smallest absolute Gasteiger partial charge is 0.320 e. The van der Waals surface area contributed by atoms with Crippen molar-refractivity contribution in [3.05, 3.63) is 70.1 Å². The Morgan fingerprint density at radius 1 is 1.20 bits per heavy atom. The normalized spacial score (nSPS) is 19.3. The first-order valence-corrected chi connectivity index (χ1v) is 9.55. The van der Waals surface area contributed by atoms with Gasteiger partial charge in [0.25, 0.3) is 0 Å². The van der Waals surface area contributed by atoms with Crippen molar-refractivity contribution >= 4 is 39.0 Å². The Morgan fingerprint density at radius 3 is 2.68 bits per heavy atom. The Labute approximate surface area is 155 Å². The summed E-state index contributed by atoms with van der Waals surface area (Å²) in [4.78, 5) is 15.0. The number of hydrogen-bond donors (Lipinski definition) is 1. The molecule has 1 fully saturated rings. The van der Waals surface area contributed by atoms with Crippen LogP contribution in [0.2, 0.25) is 5.02 Å². The lowest BCUT2D eigenvalue weighted by atomic mass is 10.0. The number of fused-ring (bicyclic) bond motifs is 1. The van der Waals surface area contributed by atoms with Crippen molar-refractivity contribution in [1.82, 2.24) is 4.90 Å². The molecule has 2 aromatic carbocycles. The molecule has 5 heteroatoms. The monoisotopic (exact) mass is 371 g/mol. The lowest BCUT2D eigenvalue weighted by Gasteiger charge is -2.31. The van der Waals surface area contributed by atoms with E-state index in [4.69, 9.17) is 11.6 Å². The minimum Gasteiger partial charge on any atom is -0.480 e. The van der Waals surface area contributed by atoms with Crippen molar-refractivity contribution in [2.75, 3.05) is 6.54 Å². The fraction of sp³-hybridized carbons (Fsp3) is 0.250. The number of carboxylic acids is 1. The van der Waals surface area contributed by atoms with E-state index in [1.165, 1.54) is 15.0 Å². The van der Waals surface area contributed by atoms with Crippen LogP contribution in [0.3, 0.4) is 0 Å². The van der Waals surface area contributed by atoms with Crippen molar-refractivity contribution in [3.8, 4) is 0 Å². The standard InChI is InChI=1S/C20H18ClNO2S/c21-15-9-7-13(8-10-15)19(22-11-3-5-16(22)20(23)24)18-12-14-4-1-2-6-17(14)25-18/h1-2,4,6-10,12,16,19H,3,5,11H2,(H,23,24). The van der Waals surface area contributed by atoms with E-state index in [0.717, 1.165) is 18.5 Å². The highest BCUT2D eigenvalue weighted by molar-refractivity contribution is 7.19. The molecular formula is C20H18ClNO2S. The van der Waals surface area contributed by atoms with Crippen molar-refractivity contribution in [2.45, 2.75) is 24.9 Å². The number of carbonyl (C=O) groups is 1. The Hall–Kier alpha value is -1.88. The average Bonchev–Trinajstić information content (AvgIpc) is 3.24. The first-order valence-electron chi connectivity index (χ1n) is 8.36. The molecule has 2 atom stereocenters. The Bertz CT molecular complexity index is 872. The van der Waals surface area contributed by atoms with Gasteiger partial charge in [0, 0.05) is 21.1 Å². The zero-order valence-corrected chi connectivity index (χ0v) is 15.1. The number of halogens is 1. The number of likely N-dealkylation sites (tertiary alicyclic amines) is 1. The highest BCUT2D eigenvalue weighted by atomic mass is 35.5. The third-order valence-corrected chi connectivity index (χ3v) is 6.23. The summed E-state index contributed by atoms with van der Waals surface area (Å²) in [5, 5.41) is 11.5. The van der Waals surface area contributed by atoms with Gasteiger partial charge in [0.1, 0.15) is 6.04 Å². The Kier molecular flexibility index (Phi) is 4.50. The van der Waals surface area contributed by atoms with Gasteiger partial charge in [-0.25, -0.2) is 0 Å². The highest BCUT2D eigenvalue weighted by Gasteiger charge is 2.37. The summed E-state index contributed by atoms with van der Waals surface area (Å²) in [6.45, 7) is 0.790. The number of nitrogens with zero attached hydrogens (tertiary/aromatic N) is 1.